The van der Waals surface area contributed by atoms with Crippen LogP contribution in [0.1, 0.15) is 62.7 Å². The van der Waals surface area contributed by atoms with Crippen molar-refractivity contribution in [3.8, 4) is 0 Å². The molecule has 4 rings (SSSR count). The van der Waals surface area contributed by atoms with Crippen LogP contribution in [0.4, 0.5) is 5.69 Å². The third-order valence-corrected chi connectivity index (χ3v) is 7.82. The number of carbonyl (C=O) groups excluding carboxylic acids is 4. The molecular formula is C28H41N5O4. The lowest BCUT2D eigenvalue weighted by Crippen LogP contribution is -2.53. The Bertz CT molecular complexity index is 1000. The Hall–Kier alpha value is -2.94. The van der Waals surface area contributed by atoms with Crippen molar-refractivity contribution in [3.63, 3.8) is 0 Å². The van der Waals surface area contributed by atoms with Crippen LogP contribution in [0.15, 0.2) is 24.3 Å². The van der Waals surface area contributed by atoms with Gasteiger partial charge in [0.25, 0.3) is 5.91 Å². The van der Waals surface area contributed by atoms with Crippen molar-refractivity contribution < 1.29 is 19.2 Å². The fourth-order valence-corrected chi connectivity index (χ4v) is 5.86. The van der Waals surface area contributed by atoms with Crippen LogP contribution in [-0.4, -0.2) is 91.2 Å². The molecule has 0 radical (unpaired) electrons. The van der Waals surface area contributed by atoms with Gasteiger partial charge >= 0.3 is 0 Å². The number of likely N-dealkylation sites (tertiary alicyclic amines) is 2. The summed E-state index contributed by atoms with van der Waals surface area (Å²) in [6.45, 7) is 5.41. The van der Waals surface area contributed by atoms with Crippen LogP contribution in [0, 0.1) is 5.92 Å². The van der Waals surface area contributed by atoms with E-state index < -0.39 is 12.1 Å². The number of nitrogens with one attached hydrogen (secondary N) is 2. The Balaban J connectivity index is 1.43. The second-order valence-corrected chi connectivity index (χ2v) is 11.3. The lowest BCUT2D eigenvalue weighted by Gasteiger charge is -2.29. The standard InChI is InChI=1S/C28H41N5O4/c1-18(2)15-22(30-27(36)19-8-10-21(11-9-19)31(3)4)28(37)32-14-12-23-26(32)24(34)17-33(23)25(35)16-20-7-5-6-13-29-20/h8-11,18,20,22-23,26,29H,5-7,12-17H2,1-4H3,(H,30,36)/t20?,22-,23+,26-/m0/s1. The first-order chi connectivity index (χ1) is 17.7. The Kier molecular flexibility index (Phi) is 8.52. The topological polar surface area (TPSA) is 102 Å². The number of Topliss-reactive ketones (excluding diaryl/α,β-unsaturated/α-hetero) is 1. The average Bonchev–Trinajstić information content (AvgIpc) is 3.45. The number of anilines is 1. The van der Waals surface area contributed by atoms with E-state index in [1.165, 1.54) is 0 Å². The molecule has 3 aliphatic heterocycles. The number of carbonyl (C=O) groups is 4. The van der Waals surface area contributed by atoms with Gasteiger partial charge in [-0.25, -0.2) is 0 Å². The highest BCUT2D eigenvalue weighted by Gasteiger charge is 2.52. The quantitative estimate of drug-likeness (QED) is 0.552. The molecule has 3 saturated heterocycles. The highest BCUT2D eigenvalue weighted by molar-refractivity contribution is 6.01. The van der Waals surface area contributed by atoms with Crippen LogP contribution < -0.4 is 15.5 Å². The fraction of sp³-hybridized carbons (Fsp3) is 0.643. The summed E-state index contributed by atoms with van der Waals surface area (Å²) in [6.07, 6.45) is 4.66. The number of nitrogens with zero attached hydrogens (tertiary/aromatic N) is 3. The van der Waals surface area contributed by atoms with E-state index in [1.54, 1.807) is 21.9 Å². The fourth-order valence-electron chi connectivity index (χ4n) is 5.86. The third kappa shape index (κ3) is 6.14. The zero-order valence-electron chi connectivity index (χ0n) is 22.5. The molecule has 3 fully saturated rings. The molecule has 202 valence electrons. The van der Waals surface area contributed by atoms with Crippen molar-refractivity contribution in [3.05, 3.63) is 29.8 Å². The van der Waals surface area contributed by atoms with Gasteiger partial charge in [-0.15, -0.1) is 0 Å². The summed E-state index contributed by atoms with van der Waals surface area (Å²) in [7, 11) is 3.86. The van der Waals surface area contributed by atoms with E-state index in [9.17, 15) is 19.2 Å². The second kappa shape index (κ2) is 11.6. The number of ketones is 1. The van der Waals surface area contributed by atoms with Crippen molar-refractivity contribution in [2.75, 3.05) is 38.6 Å². The van der Waals surface area contributed by atoms with Crippen molar-refractivity contribution in [1.82, 2.24) is 20.4 Å². The minimum absolute atomic E-state index is 0.0113. The third-order valence-electron chi connectivity index (χ3n) is 7.82. The Morgan fingerprint density at radius 3 is 2.43 bits per heavy atom. The first-order valence-electron chi connectivity index (χ1n) is 13.6. The molecule has 37 heavy (non-hydrogen) atoms. The SMILES string of the molecule is CC(C)C[C@H](NC(=O)c1ccc(N(C)C)cc1)C(=O)N1CC[C@@H]2[C@H]1C(=O)CN2C(=O)CC1CCCCN1. The zero-order chi connectivity index (χ0) is 26.7. The van der Waals surface area contributed by atoms with Crippen LogP contribution in [-0.2, 0) is 14.4 Å². The average molecular weight is 512 g/mol. The van der Waals surface area contributed by atoms with E-state index in [1.807, 2.05) is 45.0 Å². The lowest BCUT2D eigenvalue weighted by atomic mass is 10.0. The van der Waals surface area contributed by atoms with Gasteiger partial charge in [-0.1, -0.05) is 20.3 Å². The van der Waals surface area contributed by atoms with Crippen LogP contribution in [0.3, 0.4) is 0 Å². The lowest BCUT2D eigenvalue weighted by molar-refractivity contribution is -0.138. The first-order valence-corrected chi connectivity index (χ1v) is 13.6. The maximum absolute atomic E-state index is 13.7. The predicted molar refractivity (Wildman–Crippen MR) is 142 cm³/mol. The molecule has 2 N–H and O–H groups in total. The van der Waals surface area contributed by atoms with Gasteiger partial charge in [0.2, 0.25) is 11.8 Å². The molecule has 1 aromatic carbocycles. The molecule has 3 amide bonds. The van der Waals surface area contributed by atoms with Crippen LogP contribution in [0.5, 0.6) is 0 Å². The van der Waals surface area contributed by atoms with Crippen molar-refractivity contribution in [1.29, 1.82) is 0 Å². The van der Waals surface area contributed by atoms with E-state index in [2.05, 4.69) is 10.6 Å². The molecule has 3 heterocycles. The highest BCUT2D eigenvalue weighted by Crippen LogP contribution is 2.31. The van der Waals surface area contributed by atoms with Gasteiger partial charge in [0.05, 0.1) is 12.6 Å². The summed E-state index contributed by atoms with van der Waals surface area (Å²) in [5.41, 5.74) is 1.46. The Labute approximate surface area is 219 Å². The summed E-state index contributed by atoms with van der Waals surface area (Å²) in [6, 6.07) is 5.76. The predicted octanol–water partition coefficient (Wildman–Crippen LogP) is 1.81. The van der Waals surface area contributed by atoms with Gasteiger partial charge in [0.1, 0.15) is 12.1 Å². The number of piperidine rings is 1. The van der Waals surface area contributed by atoms with Crippen molar-refractivity contribution >= 4 is 29.2 Å². The molecule has 0 aromatic heterocycles. The summed E-state index contributed by atoms with van der Waals surface area (Å²) < 4.78 is 0. The molecule has 1 aromatic rings. The Morgan fingerprint density at radius 2 is 1.81 bits per heavy atom. The van der Waals surface area contributed by atoms with Crippen molar-refractivity contribution in [2.45, 2.75) is 76.5 Å². The number of hydrogen-bond acceptors (Lipinski definition) is 6. The van der Waals surface area contributed by atoms with Crippen molar-refractivity contribution in [2.24, 2.45) is 5.92 Å². The molecule has 0 bridgehead atoms. The zero-order valence-corrected chi connectivity index (χ0v) is 22.5. The number of benzene rings is 1. The maximum Gasteiger partial charge on any atom is 0.251 e. The highest BCUT2D eigenvalue weighted by atomic mass is 16.2. The van der Waals surface area contributed by atoms with Gasteiger partial charge in [-0.3, -0.25) is 19.2 Å². The Morgan fingerprint density at radius 1 is 1.08 bits per heavy atom. The number of fused-ring (bicyclic) bond motifs is 1. The monoisotopic (exact) mass is 511 g/mol. The number of amides is 3. The smallest absolute Gasteiger partial charge is 0.251 e. The largest absolute Gasteiger partial charge is 0.378 e. The van der Waals surface area contributed by atoms with E-state index in [4.69, 9.17) is 0 Å². The van der Waals surface area contributed by atoms with Crippen LogP contribution in [0.25, 0.3) is 0 Å². The van der Waals surface area contributed by atoms with E-state index in [-0.39, 0.29) is 48.1 Å². The summed E-state index contributed by atoms with van der Waals surface area (Å²) >= 11 is 0. The second-order valence-electron chi connectivity index (χ2n) is 11.3. The molecule has 9 nitrogen and oxygen atoms in total. The summed E-state index contributed by atoms with van der Waals surface area (Å²) in [5, 5.41) is 6.33. The molecule has 0 saturated carbocycles. The molecular weight excluding hydrogens is 470 g/mol. The van der Waals surface area contributed by atoms with Crippen LogP contribution in [0.2, 0.25) is 0 Å². The van der Waals surface area contributed by atoms with E-state index in [0.29, 0.717) is 31.4 Å². The van der Waals surface area contributed by atoms with Gasteiger partial charge < -0.3 is 25.3 Å². The van der Waals surface area contributed by atoms with Gasteiger partial charge in [-0.2, -0.15) is 0 Å². The van der Waals surface area contributed by atoms with E-state index in [0.717, 1.165) is 31.5 Å². The molecule has 0 aliphatic carbocycles. The molecule has 0 spiro atoms. The van der Waals surface area contributed by atoms with Crippen LogP contribution >= 0.6 is 0 Å². The normalized spacial score (nSPS) is 24.2. The van der Waals surface area contributed by atoms with Gasteiger partial charge in [0.15, 0.2) is 5.78 Å². The molecule has 3 aliphatic rings. The van der Waals surface area contributed by atoms with E-state index >= 15 is 0 Å². The van der Waals surface area contributed by atoms with Gasteiger partial charge in [0, 0.05) is 44.4 Å². The minimum atomic E-state index is -0.733. The molecule has 1 unspecified atom stereocenters. The number of rotatable bonds is 8. The molecule has 4 atom stereocenters. The molecule has 9 heteroatoms. The van der Waals surface area contributed by atoms with Gasteiger partial charge in [-0.05, 0) is 62.4 Å². The summed E-state index contributed by atoms with van der Waals surface area (Å²) in [5.74, 6) is -0.479. The first kappa shape index (κ1) is 27.1. The summed E-state index contributed by atoms with van der Waals surface area (Å²) in [4.78, 5) is 58.2. The number of hydrogen-bond donors (Lipinski definition) is 2. The maximum atomic E-state index is 13.7. The minimum Gasteiger partial charge on any atom is -0.378 e.